The zero-order chi connectivity index (χ0) is 13.0. The molecule has 0 aromatic carbocycles. The van der Waals surface area contributed by atoms with Crippen molar-refractivity contribution in [1.29, 1.82) is 0 Å². The predicted molar refractivity (Wildman–Crippen MR) is 69.7 cm³/mol. The van der Waals surface area contributed by atoms with Crippen molar-refractivity contribution in [3.8, 4) is 0 Å². The number of hydrogen-bond donors (Lipinski definition) is 1. The van der Waals surface area contributed by atoms with Gasteiger partial charge >= 0.3 is 0 Å². The molecule has 1 aliphatic carbocycles. The summed E-state index contributed by atoms with van der Waals surface area (Å²) in [6.07, 6.45) is 3.82. The van der Waals surface area contributed by atoms with Gasteiger partial charge in [-0.2, -0.15) is 0 Å². The zero-order valence-corrected chi connectivity index (χ0v) is 10.8. The number of pyridine rings is 1. The molecular weight excluding hydrogens is 230 g/mol. The number of ether oxygens (including phenoxy) is 1. The molecule has 0 bridgehead atoms. The molecule has 18 heavy (non-hydrogen) atoms. The molecule has 1 saturated carbocycles. The van der Waals surface area contributed by atoms with Gasteiger partial charge in [-0.1, -0.05) is 0 Å². The summed E-state index contributed by atoms with van der Waals surface area (Å²) in [5.74, 6) is -0.00773. The maximum Gasteiger partial charge on any atom is 0.272 e. The molecule has 98 valence electrons. The van der Waals surface area contributed by atoms with Crippen LogP contribution in [0.5, 0.6) is 0 Å². The Balaban J connectivity index is 2.11. The van der Waals surface area contributed by atoms with Crippen LogP contribution >= 0.6 is 0 Å². The quantitative estimate of drug-likeness (QED) is 0.827. The van der Waals surface area contributed by atoms with Gasteiger partial charge in [0.2, 0.25) is 0 Å². The summed E-state index contributed by atoms with van der Waals surface area (Å²) in [7, 11) is 3.47. The first-order chi connectivity index (χ1) is 8.76. The fraction of sp³-hybridized carbons (Fsp3) is 0.538. The van der Waals surface area contributed by atoms with Crippen LogP contribution in [0.25, 0.3) is 0 Å². The van der Waals surface area contributed by atoms with Crippen molar-refractivity contribution in [3.05, 3.63) is 24.0 Å². The van der Waals surface area contributed by atoms with Gasteiger partial charge in [0, 0.05) is 38.6 Å². The topological polar surface area (TPSA) is 54.5 Å². The minimum atomic E-state index is -0.00773. The van der Waals surface area contributed by atoms with E-state index in [2.05, 4.69) is 10.3 Å². The molecular formula is C13H19N3O2. The molecule has 1 amide bonds. The van der Waals surface area contributed by atoms with E-state index in [1.807, 2.05) is 18.0 Å². The number of aromatic nitrogens is 1. The van der Waals surface area contributed by atoms with E-state index in [-0.39, 0.29) is 5.91 Å². The lowest BCUT2D eigenvalue weighted by Gasteiger charge is -2.21. The van der Waals surface area contributed by atoms with Gasteiger partial charge in [-0.05, 0) is 25.0 Å². The molecule has 2 rings (SSSR count). The molecule has 1 aromatic rings. The summed E-state index contributed by atoms with van der Waals surface area (Å²) in [5.41, 5.74) is 1.39. The minimum absolute atomic E-state index is 0.00773. The number of amides is 1. The van der Waals surface area contributed by atoms with Crippen LogP contribution in [-0.2, 0) is 4.74 Å². The van der Waals surface area contributed by atoms with Gasteiger partial charge in [-0.25, -0.2) is 0 Å². The average molecular weight is 249 g/mol. The third-order valence-electron chi connectivity index (χ3n) is 3.05. The van der Waals surface area contributed by atoms with E-state index in [9.17, 15) is 4.79 Å². The van der Waals surface area contributed by atoms with E-state index in [1.54, 1.807) is 19.4 Å². The molecule has 1 aromatic heterocycles. The van der Waals surface area contributed by atoms with Crippen molar-refractivity contribution in [1.82, 2.24) is 9.88 Å². The Kier molecular flexibility index (Phi) is 4.15. The molecule has 0 atom stereocenters. The maximum atomic E-state index is 12.4. The van der Waals surface area contributed by atoms with Crippen molar-refractivity contribution in [2.45, 2.75) is 18.9 Å². The molecule has 0 spiro atoms. The Morgan fingerprint density at radius 1 is 1.61 bits per heavy atom. The van der Waals surface area contributed by atoms with Gasteiger partial charge in [0.1, 0.15) is 5.69 Å². The molecule has 0 unspecified atom stereocenters. The Morgan fingerprint density at radius 2 is 2.39 bits per heavy atom. The van der Waals surface area contributed by atoms with Crippen molar-refractivity contribution >= 4 is 11.6 Å². The van der Waals surface area contributed by atoms with Crippen LogP contribution in [0, 0.1) is 0 Å². The molecule has 1 fully saturated rings. The van der Waals surface area contributed by atoms with Gasteiger partial charge < -0.3 is 15.0 Å². The second-order valence-corrected chi connectivity index (χ2v) is 4.40. The van der Waals surface area contributed by atoms with Crippen LogP contribution in [0.2, 0.25) is 0 Å². The summed E-state index contributed by atoms with van der Waals surface area (Å²) >= 11 is 0. The highest BCUT2D eigenvalue weighted by atomic mass is 16.5. The van der Waals surface area contributed by atoms with Crippen LogP contribution in [0.4, 0.5) is 5.69 Å². The lowest BCUT2D eigenvalue weighted by Crippen LogP contribution is -2.36. The number of carbonyl (C=O) groups excluding carboxylic acids is 1. The van der Waals surface area contributed by atoms with Crippen molar-refractivity contribution < 1.29 is 9.53 Å². The molecule has 0 aliphatic heterocycles. The van der Waals surface area contributed by atoms with E-state index in [1.165, 1.54) is 0 Å². The molecule has 0 radical (unpaired) electrons. The van der Waals surface area contributed by atoms with Gasteiger partial charge in [0.15, 0.2) is 0 Å². The Bertz CT molecular complexity index is 418. The first-order valence-electron chi connectivity index (χ1n) is 6.20. The van der Waals surface area contributed by atoms with E-state index >= 15 is 0 Å². The number of methoxy groups -OCH3 is 1. The first kappa shape index (κ1) is 12.8. The number of rotatable bonds is 6. The Hall–Kier alpha value is -1.62. The summed E-state index contributed by atoms with van der Waals surface area (Å²) in [5, 5.41) is 3.01. The molecule has 1 N–H and O–H groups in total. The number of nitrogens with zero attached hydrogens (tertiary/aromatic N) is 2. The third kappa shape index (κ3) is 2.98. The summed E-state index contributed by atoms with van der Waals surface area (Å²) in [6.45, 7) is 1.19. The standard InChI is InChI=1S/C13H19N3O2/c1-14-10-5-6-15-12(9-10)13(17)16(7-8-18-2)11-3-4-11/h5-6,9,11H,3-4,7-8H2,1-2H3,(H,14,15). The van der Waals surface area contributed by atoms with E-state index < -0.39 is 0 Å². The first-order valence-corrected chi connectivity index (χ1v) is 6.20. The zero-order valence-electron chi connectivity index (χ0n) is 10.8. The van der Waals surface area contributed by atoms with E-state index in [0.717, 1.165) is 18.5 Å². The largest absolute Gasteiger partial charge is 0.388 e. The highest BCUT2D eigenvalue weighted by Gasteiger charge is 2.33. The number of nitrogens with one attached hydrogen (secondary N) is 1. The van der Waals surface area contributed by atoms with E-state index in [4.69, 9.17) is 4.74 Å². The molecule has 0 saturated heterocycles. The number of hydrogen-bond acceptors (Lipinski definition) is 4. The maximum absolute atomic E-state index is 12.4. The molecule has 5 heteroatoms. The second kappa shape index (κ2) is 5.82. The number of anilines is 1. The van der Waals surface area contributed by atoms with Gasteiger partial charge in [-0.15, -0.1) is 0 Å². The SMILES string of the molecule is CNc1ccnc(C(=O)N(CCOC)C2CC2)c1. The van der Waals surface area contributed by atoms with Crippen molar-refractivity contribution in [2.24, 2.45) is 0 Å². The molecule has 5 nitrogen and oxygen atoms in total. The van der Waals surface area contributed by atoms with Gasteiger partial charge in [0.25, 0.3) is 5.91 Å². The fourth-order valence-electron chi connectivity index (χ4n) is 1.88. The van der Waals surface area contributed by atoms with Crippen molar-refractivity contribution in [2.75, 3.05) is 32.6 Å². The summed E-state index contributed by atoms with van der Waals surface area (Å²) in [4.78, 5) is 18.4. The van der Waals surface area contributed by atoms with Gasteiger partial charge in [-0.3, -0.25) is 9.78 Å². The second-order valence-electron chi connectivity index (χ2n) is 4.40. The normalized spacial score (nSPS) is 14.3. The van der Waals surface area contributed by atoms with E-state index in [0.29, 0.717) is 24.9 Å². The highest BCUT2D eigenvalue weighted by Crippen LogP contribution is 2.28. The lowest BCUT2D eigenvalue weighted by atomic mass is 10.2. The summed E-state index contributed by atoms with van der Waals surface area (Å²) < 4.78 is 5.05. The third-order valence-corrected chi connectivity index (χ3v) is 3.05. The molecule has 1 aliphatic rings. The van der Waals surface area contributed by atoms with Gasteiger partial charge in [0.05, 0.1) is 6.61 Å². The monoisotopic (exact) mass is 249 g/mol. The highest BCUT2D eigenvalue weighted by molar-refractivity contribution is 5.93. The predicted octanol–water partition coefficient (Wildman–Crippen LogP) is 1.37. The van der Waals surface area contributed by atoms with Crippen LogP contribution in [0.3, 0.4) is 0 Å². The van der Waals surface area contributed by atoms with Crippen LogP contribution in [0.15, 0.2) is 18.3 Å². The molecule has 1 heterocycles. The van der Waals surface area contributed by atoms with Crippen LogP contribution in [-0.4, -0.2) is 49.1 Å². The summed E-state index contributed by atoms with van der Waals surface area (Å²) in [6, 6.07) is 3.99. The Morgan fingerprint density at radius 3 is 3.00 bits per heavy atom. The fourth-order valence-corrected chi connectivity index (χ4v) is 1.88. The number of carbonyl (C=O) groups is 1. The minimum Gasteiger partial charge on any atom is -0.388 e. The smallest absolute Gasteiger partial charge is 0.272 e. The lowest BCUT2D eigenvalue weighted by molar-refractivity contribution is 0.0674. The average Bonchev–Trinajstić information content (AvgIpc) is 3.23. The van der Waals surface area contributed by atoms with Crippen molar-refractivity contribution in [3.63, 3.8) is 0 Å². The Labute approximate surface area is 107 Å². The van der Waals surface area contributed by atoms with Crippen LogP contribution < -0.4 is 5.32 Å². The van der Waals surface area contributed by atoms with Crippen LogP contribution in [0.1, 0.15) is 23.3 Å².